The second-order valence-electron chi connectivity index (χ2n) is 10.5. The first-order valence-corrected chi connectivity index (χ1v) is 11.9. The second kappa shape index (κ2) is 8.57. The third-order valence-electron chi connectivity index (χ3n) is 7.19. The minimum Gasteiger partial charge on any atom is -0.340 e. The number of hydrogen-bond acceptors (Lipinski definition) is 3. The lowest BCUT2D eigenvalue weighted by Gasteiger charge is -2.30. The number of anilines is 1. The molecule has 0 amide bonds. The van der Waals surface area contributed by atoms with E-state index in [2.05, 4.69) is 103 Å². The molecule has 0 aliphatic heterocycles. The van der Waals surface area contributed by atoms with Crippen molar-refractivity contribution >= 4 is 70.1 Å². The van der Waals surface area contributed by atoms with Crippen molar-refractivity contribution in [2.45, 2.75) is 33.0 Å². The molecule has 168 valence electrons. The fourth-order valence-electron chi connectivity index (χ4n) is 5.25. The summed E-state index contributed by atoms with van der Waals surface area (Å²) in [7, 11) is 11.0. The number of aromatic nitrogens is 3. The van der Waals surface area contributed by atoms with Crippen molar-refractivity contribution in [1.82, 2.24) is 14.5 Å². The van der Waals surface area contributed by atoms with Crippen LogP contribution in [-0.2, 0) is 12.4 Å². The Kier molecular flexibility index (Phi) is 6.05. The van der Waals surface area contributed by atoms with E-state index in [1.54, 1.807) is 0 Å². The van der Waals surface area contributed by atoms with Gasteiger partial charge in [0.15, 0.2) is 0 Å². The van der Waals surface area contributed by atoms with Gasteiger partial charge in [-0.3, -0.25) is 0 Å². The van der Waals surface area contributed by atoms with E-state index in [0.717, 1.165) is 39.4 Å². The minimum absolute atomic E-state index is 0.0982. The summed E-state index contributed by atoms with van der Waals surface area (Å²) in [5.74, 6) is 1.79. The Morgan fingerprint density at radius 1 is 0.971 bits per heavy atom. The fourth-order valence-corrected chi connectivity index (χ4v) is 5.25. The molecule has 4 aromatic rings. The molecule has 2 heterocycles. The SMILES string of the molecule is Bc1c(B)c(C(B)(C)C)c(B)c(C)c1C(=C)Nc1cc2cc(-c3cnc(C)n3C)ccc2cn1. The van der Waals surface area contributed by atoms with Crippen molar-refractivity contribution in [1.29, 1.82) is 0 Å². The van der Waals surface area contributed by atoms with Gasteiger partial charge in [-0.2, -0.15) is 0 Å². The summed E-state index contributed by atoms with van der Waals surface area (Å²) in [5, 5.41) is 5.83. The number of aryl methyl sites for hydroxylation is 1. The Balaban J connectivity index is 1.72. The maximum Gasteiger partial charge on any atom is 0.139 e. The average molecular weight is 444 g/mol. The van der Waals surface area contributed by atoms with Crippen molar-refractivity contribution in [3.05, 3.63) is 65.8 Å². The quantitative estimate of drug-likeness (QED) is 0.441. The molecule has 0 radical (unpaired) electrons. The Bertz CT molecular complexity index is 1420. The van der Waals surface area contributed by atoms with Gasteiger partial charge in [-0.1, -0.05) is 54.5 Å². The van der Waals surface area contributed by atoms with Gasteiger partial charge in [0, 0.05) is 29.9 Å². The van der Waals surface area contributed by atoms with E-state index in [4.69, 9.17) is 0 Å². The number of hydrogen-bond donors (Lipinski definition) is 1. The molecule has 2 aromatic carbocycles. The summed E-state index contributed by atoms with van der Waals surface area (Å²) < 4.78 is 2.11. The molecule has 1 N–H and O–H groups in total. The normalized spacial score (nSPS) is 11.7. The van der Waals surface area contributed by atoms with Gasteiger partial charge in [-0.15, -0.1) is 0 Å². The number of pyridine rings is 1. The molecule has 0 aliphatic rings. The van der Waals surface area contributed by atoms with E-state index in [-0.39, 0.29) is 5.31 Å². The highest BCUT2D eigenvalue weighted by atomic mass is 15.0. The molecule has 0 saturated heterocycles. The largest absolute Gasteiger partial charge is 0.340 e. The number of fused-ring (bicyclic) bond motifs is 1. The van der Waals surface area contributed by atoms with Gasteiger partial charge in [-0.05, 0) is 47.8 Å². The van der Waals surface area contributed by atoms with E-state index in [1.807, 2.05) is 26.4 Å². The molecular weight excluding hydrogens is 412 g/mol. The monoisotopic (exact) mass is 444 g/mol. The van der Waals surface area contributed by atoms with E-state index < -0.39 is 0 Å². The third-order valence-corrected chi connectivity index (χ3v) is 7.19. The topological polar surface area (TPSA) is 42.7 Å². The van der Waals surface area contributed by atoms with Crippen LogP contribution in [0.1, 0.15) is 36.4 Å². The van der Waals surface area contributed by atoms with Crippen LogP contribution in [-0.4, -0.2) is 45.9 Å². The van der Waals surface area contributed by atoms with E-state index in [1.165, 1.54) is 33.1 Å². The first-order valence-electron chi connectivity index (χ1n) is 11.9. The average Bonchev–Trinajstić information content (AvgIpc) is 3.09. The van der Waals surface area contributed by atoms with Gasteiger partial charge < -0.3 is 9.88 Å². The second-order valence-corrected chi connectivity index (χ2v) is 10.5. The summed E-state index contributed by atoms with van der Waals surface area (Å²) >= 11 is 0. The lowest BCUT2D eigenvalue weighted by Crippen LogP contribution is -2.45. The fraction of sp³-hybridized carbons (Fsp3) is 0.231. The molecule has 34 heavy (non-hydrogen) atoms. The van der Waals surface area contributed by atoms with Gasteiger partial charge in [0.25, 0.3) is 0 Å². The molecule has 4 nitrogen and oxygen atoms in total. The first-order chi connectivity index (χ1) is 15.9. The molecule has 0 spiro atoms. The molecule has 0 saturated carbocycles. The highest BCUT2D eigenvalue weighted by Crippen LogP contribution is 2.27. The zero-order valence-corrected chi connectivity index (χ0v) is 22.0. The van der Waals surface area contributed by atoms with Crippen LogP contribution < -0.4 is 21.7 Å². The number of rotatable bonds is 5. The van der Waals surface area contributed by atoms with Gasteiger partial charge >= 0.3 is 0 Å². The van der Waals surface area contributed by atoms with Crippen LogP contribution >= 0.6 is 0 Å². The summed E-state index contributed by atoms with van der Waals surface area (Å²) in [6, 6.07) is 8.54. The molecule has 4 rings (SSSR count). The predicted octanol–water partition coefficient (Wildman–Crippen LogP) is -0.0217. The van der Waals surface area contributed by atoms with Crippen molar-refractivity contribution in [3.8, 4) is 11.3 Å². The van der Waals surface area contributed by atoms with Crippen molar-refractivity contribution in [2.75, 3.05) is 5.32 Å². The Morgan fingerprint density at radius 3 is 2.29 bits per heavy atom. The summed E-state index contributed by atoms with van der Waals surface area (Å²) in [5.41, 5.74) is 11.0. The number of nitrogens with zero attached hydrogens (tertiary/aromatic N) is 3. The Labute approximate surface area is 206 Å². The van der Waals surface area contributed by atoms with Crippen LogP contribution in [0.5, 0.6) is 0 Å². The molecule has 0 bridgehead atoms. The standard InChI is InChI=1S/C26H32B4N4/c1-13-21(24(28)25(29)22(23(13)27)26(4,5)30)14(2)33-20-10-18-9-16(7-8-17(18)11-32-20)19-12-31-15(3)34(19)6/h7-12H,2,27-30H2,1,3-6H3,(H,32,33). The number of benzene rings is 2. The van der Waals surface area contributed by atoms with E-state index >= 15 is 0 Å². The Hall–Kier alpha value is -3.14. The molecule has 2 aromatic heterocycles. The lowest BCUT2D eigenvalue weighted by atomic mass is 9.56. The van der Waals surface area contributed by atoms with Gasteiger partial charge in [0.05, 0.1) is 11.9 Å². The minimum atomic E-state index is 0.0982. The van der Waals surface area contributed by atoms with Crippen molar-refractivity contribution in [2.24, 2.45) is 7.05 Å². The third kappa shape index (κ3) is 4.11. The smallest absolute Gasteiger partial charge is 0.139 e. The summed E-state index contributed by atoms with van der Waals surface area (Å²) in [6.45, 7) is 13.2. The molecule has 0 fully saturated rings. The zero-order chi connectivity index (χ0) is 24.9. The highest BCUT2D eigenvalue weighted by molar-refractivity contribution is 6.53. The highest BCUT2D eigenvalue weighted by Gasteiger charge is 2.23. The maximum absolute atomic E-state index is 4.67. The van der Waals surface area contributed by atoms with Crippen molar-refractivity contribution < 1.29 is 0 Å². The first kappa shape index (κ1) is 24.0. The van der Waals surface area contributed by atoms with Crippen LogP contribution in [0.3, 0.4) is 0 Å². The van der Waals surface area contributed by atoms with Crippen molar-refractivity contribution in [3.63, 3.8) is 0 Å². The van der Waals surface area contributed by atoms with E-state index in [0.29, 0.717) is 0 Å². The van der Waals surface area contributed by atoms with Crippen LogP contribution in [0.25, 0.3) is 27.7 Å². The maximum atomic E-state index is 4.67. The van der Waals surface area contributed by atoms with Gasteiger partial charge in [-0.25, -0.2) is 9.97 Å². The number of imidazole rings is 1. The summed E-state index contributed by atoms with van der Waals surface area (Å²) in [6.07, 6.45) is 3.85. The van der Waals surface area contributed by atoms with Gasteiger partial charge in [0.2, 0.25) is 0 Å². The van der Waals surface area contributed by atoms with Crippen LogP contribution in [0.4, 0.5) is 5.82 Å². The lowest BCUT2D eigenvalue weighted by molar-refractivity contribution is 0.775. The van der Waals surface area contributed by atoms with Crippen LogP contribution in [0.2, 0.25) is 0 Å². The zero-order valence-electron chi connectivity index (χ0n) is 22.0. The van der Waals surface area contributed by atoms with Crippen LogP contribution in [0.15, 0.2) is 43.2 Å². The predicted molar refractivity (Wildman–Crippen MR) is 159 cm³/mol. The molecular formula is C26H32B4N4. The summed E-state index contributed by atoms with van der Waals surface area (Å²) in [4.78, 5) is 9.11. The van der Waals surface area contributed by atoms with E-state index in [9.17, 15) is 0 Å². The molecule has 0 aliphatic carbocycles. The van der Waals surface area contributed by atoms with Gasteiger partial charge in [0.1, 0.15) is 43.0 Å². The van der Waals surface area contributed by atoms with Crippen LogP contribution in [0, 0.1) is 13.8 Å². The molecule has 0 unspecified atom stereocenters. The Morgan fingerprint density at radius 2 is 1.68 bits per heavy atom. The molecule has 8 heteroatoms. The molecule has 0 atom stereocenters. The number of nitrogens with one attached hydrogen (secondary N) is 1.